The number of carbonyl (C=O) groups excluding carboxylic acids is 1. The van der Waals surface area contributed by atoms with E-state index in [4.69, 9.17) is 11.6 Å². The molecule has 31 heavy (non-hydrogen) atoms. The minimum atomic E-state index is -1.54. The number of rotatable bonds is 7. The van der Waals surface area contributed by atoms with E-state index in [1.807, 2.05) is 0 Å². The number of para-hydroxylation sites is 1. The van der Waals surface area contributed by atoms with Crippen LogP contribution in [-0.4, -0.2) is 30.1 Å². The molecule has 0 atom stereocenters. The maximum absolute atomic E-state index is 10.7. The number of anilines is 1. The molecule has 18 heteroatoms. The molecule has 2 rings (SSSR count). The highest BCUT2D eigenvalue weighted by atomic mass is 35.5. The van der Waals surface area contributed by atoms with Crippen molar-refractivity contribution in [2.45, 2.75) is 0 Å². The molecule has 17 nitrogen and oxygen atoms in total. The van der Waals surface area contributed by atoms with E-state index < -0.39 is 52.3 Å². The molecule has 0 radical (unpaired) electrons. The third-order valence-corrected chi connectivity index (χ3v) is 3.42. The van der Waals surface area contributed by atoms with Gasteiger partial charge in [-0.2, -0.15) is 0 Å². The van der Waals surface area contributed by atoms with Crippen molar-refractivity contribution >= 4 is 39.6 Å². The minimum absolute atomic E-state index is 0.0586. The van der Waals surface area contributed by atoms with E-state index in [1.165, 1.54) is 24.3 Å². The van der Waals surface area contributed by atoms with Crippen LogP contribution in [0.3, 0.4) is 0 Å². The SMILES string of the molecule is O=C(Cl)c1ccc([N+](=O)[O-])cc1.O=[N+]([O-])c1cccc(N([N+](=O)[O-])[N+](=O)[O-])c1[N+](=O)[O-]. The Morgan fingerprint density at radius 1 is 0.742 bits per heavy atom. The van der Waals surface area contributed by atoms with E-state index in [2.05, 4.69) is 0 Å². The Hall–Kier alpha value is -4.80. The second-order valence-electron chi connectivity index (χ2n) is 5.00. The zero-order valence-corrected chi connectivity index (χ0v) is 15.3. The van der Waals surface area contributed by atoms with Crippen molar-refractivity contribution in [3.63, 3.8) is 0 Å². The molecule has 162 valence electrons. The summed E-state index contributed by atoms with van der Waals surface area (Å²) in [7, 11) is 0. The van der Waals surface area contributed by atoms with Gasteiger partial charge < -0.3 is 0 Å². The van der Waals surface area contributed by atoms with Crippen LogP contribution in [0.5, 0.6) is 0 Å². The van der Waals surface area contributed by atoms with Gasteiger partial charge in [-0.15, -0.1) is 0 Å². The molecule has 0 saturated heterocycles. The van der Waals surface area contributed by atoms with Crippen molar-refractivity contribution < 1.29 is 29.6 Å². The summed E-state index contributed by atoms with van der Waals surface area (Å²) in [5.41, 5.74) is -3.34. The topological polar surface area (TPSA) is 236 Å². The number of nitro groups is 5. The normalized spacial score (nSPS) is 9.58. The summed E-state index contributed by atoms with van der Waals surface area (Å²) in [6, 6.07) is 7.32. The fraction of sp³-hybridized carbons (Fsp3) is 0. The van der Waals surface area contributed by atoms with Gasteiger partial charge in [-0.25, -0.2) is 20.2 Å². The standard InChI is InChI=1S/C7H4ClNO3.C6H3N5O8/c8-7(10)5-1-3-6(4-2-5)9(11)12;12-8(13)5-3-1-2-4(6(5)9(14)15)7(10(16)17)11(18)19/h1-4H;1-3H. The number of hydrogen-bond acceptors (Lipinski definition) is 11. The van der Waals surface area contributed by atoms with Crippen LogP contribution in [0.2, 0.25) is 0 Å². The molecule has 0 aliphatic heterocycles. The lowest BCUT2D eigenvalue weighted by atomic mass is 10.2. The van der Waals surface area contributed by atoms with Crippen LogP contribution in [0.1, 0.15) is 10.4 Å². The first-order valence-electron chi connectivity index (χ1n) is 7.33. The summed E-state index contributed by atoms with van der Waals surface area (Å²) in [6.45, 7) is 0. The van der Waals surface area contributed by atoms with Crippen LogP contribution >= 0.6 is 11.6 Å². The molecule has 0 heterocycles. The van der Waals surface area contributed by atoms with Gasteiger partial charge in [-0.1, -0.05) is 6.07 Å². The average Bonchev–Trinajstić information content (AvgIpc) is 2.67. The first kappa shape index (κ1) is 24.2. The molecule has 0 unspecified atom stereocenters. The molecule has 0 bridgehead atoms. The van der Waals surface area contributed by atoms with Crippen LogP contribution < -0.4 is 5.12 Å². The molecule has 0 saturated carbocycles. The number of hydrogen-bond donors (Lipinski definition) is 0. The quantitative estimate of drug-likeness (QED) is 0.330. The number of benzene rings is 2. The van der Waals surface area contributed by atoms with Gasteiger partial charge in [-0.05, 0) is 29.8 Å². The Kier molecular flexibility index (Phi) is 7.91. The van der Waals surface area contributed by atoms with Gasteiger partial charge in [0.25, 0.3) is 16.6 Å². The monoisotopic (exact) mass is 458 g/mol. The minimum Gasteiger partial charge on any atom is -0.276 e. The number of non-ortho nitro benzene ring substituents is 1. The van der Waals surface area contributed by atoms with Gasteiger partial charge in [0, 0.05) is 23.8 Å². The van der Waals surface area contributed by atoms with Gasteiger partial charge in [0.15, 0.2) is 0 Å². The Balaban J connectivity index is 0.000000343. The molecule has 0 fully saturated rings. The van der Waals surface area contributed by atoms with Crippen LogP contribution in [0, 0.1) is 50.6 Å². The van der Waals surface area contributed by atoms with Crippen molar-refractivity contribution in [2.24, 2.45) is 0 Å². The summed E-state index contributed by atoms with van der Waals surface area (Å²) >= 11 is 5.13. The summed E-state index contributed by atoms with van der Waals surface area (Å²) in [5, 5.41) is 48.0. The van der Waals surface area contributed by atoms with Crippen molar-refractivity contribution in [2.75, 3.05) is 5.12 Å². The van der Waals surface area contributed by atoms with Gasteiger partial charge in [-0.3, -0.25) is 35.1 Å². The molecule has 2 aromatic rings. The van der Waals surface area contributed by atoms with Crippen LogP contribution in [0.15, 0.2) is 42.5 Å². The first-order chi connectivity index (χ1) is 14.4. The van der Waals surface area contributed by atoms with E-state index >= 15 is 0 Å². The third kappa shape index (κ3) is 6.09. The average molecular weight is 459 g/mol. The Morgan fingerprint density at radius 3 is 1.61 bits per heavy atom. The van der Waals surface area contributed by atoms with Crippen LogP contribution in [-0.2, 0) is 0 Å². The predicted molar refractivity (Wildman–Crippen MR) is 99.5 cm³/mol. The van der Waals surface area contributed by atoms with E-state index in [1.54, 1.807) is 0 Å². The second-order valence-corrected chi connectivity index (χ2v) is 5.35. The fourth-order valence-corrected chi connectivity index (χ4v) is 2.09. The van der Waals surface area contributed by atoms with Gasteiger partial charge in [0.1, 0.15) is 0 Å². The summed E-state index contributed by atoms with van der Waals surface area (Å²) in [4.78, 5) is 60.0. The fourth-order valence-electron chi connectivity index (χ4n) is 1.97. The molecular weight excluding hydrogens is 452 g/mol. The number of nitrogens with zero attached hydrogens (tertiary/aromatic N) is 6. The lowest BCUT2D eigenvalue weighted by Gasteiger charge is -2.04. The van der Waals surface area contributed by atoms with E-state index in [9.17, 15) is 55.4 Å². The van der Waals surface area contributed by atoms with Gasteiger partial charge >= 0.3 is 11.4 Å². The number of nitro benzene ring substituents is 3. The summed E-state index contributed by atoms with van der Waals surface area (Å²) in [6.07, 6.45) is 0. The molecular formula is C13H7ClN6O11. The van der Waals surface area contributed by atoms with E-state index in [0.717, 1.165) is 6.07 Å². The maximum atomic E-state index is 10.7. The highest BCUT2D eigenvalue weighted by molar-refractivity contribution is 6.67. The molecule has 2 aromatic carbocycles. The number of hydrazine groups is 2. The summed E-state index contributed by atoms with van der Waals surface area (Å²) in [5.74, 6) is 0. The highest BCUT2D eigenvalue weighted by Gasteiger charge is 2.42. The molecule has 0 spiro atoms. The second kappa shape index (κ2) is 10.1. The Morgan fingerprint density at radius 2 is 1.26 bits per heavy atom. The molecule has 0 N–H and O–H groups in total. The first-order valence-corrected chi connectivity index (χ1v) is 7.71. The van der Waals surface area contributed by atoms with Gasteiger partial charge in [0.05, 0.1) is 14.8 Å². The van der Waals surface area contributed by atoms with Gasteiger partial charge in [0.2, 0.25) is 15.2 Å². The lowest BCUT2D eigenvalue weighted by Crippen LogP contribution is -2.36. The number of halogens is 1. The predicted octanol–water partition coefficient (Wildman–Crippen LogP) is 2.67. The molecule has 0 aromatic heterocycles. The van der Waals surface area contributed by atoms with Crippen molar-refractivity contribution in [3.05, 3.63) is 98.6 Å². The smallest absolute Gasteiger partial charge is 0.276 e. The van der Waals surface area contributed by atoms with Crippen LogP contribution in [0.4, 0.5) is 22.7 Å². The third-order valence-electron chi connectivity index (χ3n) is 3.20. The Bertz CT molecular complexity index is 1030. The highest BCUT2D eigenvalue weighted by Crippen LogP contribution is 2.36. The van der Waals surface area contributed by atoms with Crippen LogP contribution in [0.25, 0.3) is 0 Å². The van der Waals surface area contributed by atoms with E-state index in [0.29, 0.717) is 12.1 Å². The van der Waals surface area contributed by atoms with Crippen molar-refractivity contribution in [1.29, 1.82) is 0 Å². The lowest BCUT2D eigenvalue weighted by molar-refractivity contribution is -0.712. The van der Waals surface area contributed by atoms with Crippen molar-refractivity contribution in [3.8, 4) is 0 Å². The largest absolute Gasteiger partial charge is 0.382 e. The zero-order chi connectivity index (χ0) is 23.9. The Labute approximate surface area is 173 Å². The molecule has 0 aliphatic rings. The molecule has 0 amide bonds. The molecule has 0 aliphatic carbocycles. The summed E-state index contributed by atoms with van der Waals surface area (Å²) < 4.78 is 0. The maximum Gasteiger partial charge on any atom is 0.382 e. The zero-order valence-electron chi connectivity index (χ0n) is 14.6. The van der Waals surface area contributed by atoms with E-state index in [-0.39, 0.29) is 11.3 Å². The van der Waals surface area contributed by atoms with Crippen molar-refractivity contribution in [1.82, 2.24) is 0 Å². The number of carbonyl (C=O) groups is 1.